The molecule has 0 aromatic heterocycles. The van der Waals surface area contributed by atoms with E-state index >= 15 is 0 Å². The fourth-order valence-corrected chi connectivity index (χ4v) is 0.903. The number of nitrogens with zero attached hydrogens (tertiary/aromatic N) is 3. The predicted molar refractivity (Wildman–Crippen MR) is 45.7 cm³/mol. The summed E-state index contributed by atoms with van der Waals surface area (Å²) in [5, 5.41) is 8.28. The van der Waals surface area contributed by atoms with Crippen LogP contribution in [0.1, 0.15) is 0 Å². The molecule has 0 saturated carbocycles. The van der Waals surface area contributed by atoms with E-state index in [1.165, 1.54) is 0 Å². The zero-order chi connectivity index (χ0) is 10.7. The molecule has 0 radical (unpaired) electrons. The molecule has 5 N–H and O–H groups in total. The third-order valence-corrected chi connectivity index (χ3v) is 1.56. The van der Waals surface area contributed by atoms with Crippen LogP contribution in [0.15, 0.2) is 31.0 Å². The Hall–Kier alpha value is -2.38. The van der Waals surface area contributed by atoms with Crippen molar-refractivity contribution in [1.29, 1.82) is 5.53 Å². The molecule has 14 heavy (non-hydrogen) atoms. The minimum atomic E-state index is -0.806. The van der Waals surface area contributed by atoms with E-state index in [1.807, 2.05) is 0 Å². The summed E-state index contributed by atoms with van der Waals surface area (Å²) in [5.41, 5.74) is 4.80. The fraction of sp³-hybridized carbons (Fsp3) is 0. The van der Waals surface area contributed by atoms with Gasteiger partial charge in [0.25, 0.3) is 0 Å². The first kappa shape index (κ1) is 9.71. The molecule has 0 saturated heterocycles. The van der Waals surface area contributed by atoms with Crippen molar-refractivity contribution in [2.45, 2.75) is 0 Å². The highest BCUT2D eigenvalue weighted by Crippen LogP contribution is 1.93. The molecule has 0 heterocycles. The first-order chi connectivity index (χ1) is 6.65. The summed E-state index contributed by atoms with van der Waals surface area (Å²) in [6.07, 6.45) is 0. The van der Waals surface area contributed by atoms with Gasteiger partial charge in [-0.15, -0.1) is 0 Å². The number of rotatable bonds is 1. The van der Waals surface area contributed by atoms with Crippen LogP contribution < -0.4 is 33.3 Å². The second kappa shape index (κ2) is 3.56. The summed E-state index contributed by atoms with van der Waals surface area (Å²) in [6.45, 7) is 0. The van der Waals surface area contributed by atoms with Crippen LogP contribution in [0.4, 0.5) is 5.69 Å². The van der Waals surface area contributed by atoms with Crippen LogP contribution in [0.2, 0.25) is 0 Å². The van der Waals surface area contributed by atoms with Crippen molar-refractivity contribution >= 4 is 5.69 Å². The molecule has 0 aliphatic carbocycles. The van der Waals surface area contributed by atoms with Crippen molar-refractivity contribution in [2.24, 2.45) is 27.0 Å². The summed E-state index contributed by atoms with van der Waals surface area (Å²) >= 11 is 0. The van der Waals surface area contributed by atoms with Gasteiger partial charge in [0.2, 0.25) is 10.9 Å². The molecule has 1 aromatic rings. The first-order valence-electron chi connectivity index (χ1n) is 3.40. The van der Waals surface area contributed by atoms with Crippen LogP contribution in [0.5, 0.6) is 0 Å². The molecule has 0 unspecified atom stereocenters. The van der Waals surface area contributed by atoms with Crippen molar-refractivity contribution in [2.75, 3.05) is 0 Å². The van der Waals surface area contributed by atoms with E-state index in [9.17, 15) is 9.59 Å². The van der Waals surface area contributed by atoms with Crippen LogP contribution in [0.25, 0.3) is 0 Å². The van der Waals surface area contributed by atoms with Gasteiger partial charge in [-0.2, -0.15) is 15.3 Å². The summed E-state index contributed by atoms with van der Waals surface area (Å²) in [7, 11) is 0. The third kappa shape index (κ3) is 1.28. The Bertz CT molecular complexity index is 580. The SMILES string of the molecule is N=Nc1cc(=NN)c(=O)c(=NN)c1=O. The molecular weight excluding hydrogens is 188 g/mol. The van der Waals surface area contributed by atoms with E-state index in [-0.39, 0.29) is 11.0 Å². The van der Waals surface area contributed by atoms with Gasteiger partial charge in [-0.3, -0.25) is 9.59 Å². The molecule has 72 valence electrons. The van der Waals surface area contributed by atoms with Crippen molar-refractivity contribution in [3.63, 3.8) is 0 Å². The standard InChI is InChI=1S/C6H6N6O2/c7-10-2-1-3(11-8)6(14)4(12-9)5(2)13/h1,7H,8-9H2. The van der Waals surface area contributed by atoms with Crippen LogP contribution >= 0.6 is 0 Å². The lowest BCUT2D eigenvalue weighted by Gasteiger charge is -1.87. The van der Waals surface area contributed by atoms with Gasteiger partial charge < -0.3 is 11.7 Å². The molecule has 8 nitrogen and oxygen atoms in total. The fourth-order valence-electron chi connectivity index (χ4n) is 0.903. The topological polar surface area (TPSA) is 147 Å². The number of hydrogen-bond acceptors (Lipinski definition) is 8. The normalized spacial score (nSPS) is 13.1. The Morgan fingerprint density at radius 1 is 1.14 bits per heavy atom. The maximum Gasteiger partial charge on any atom is 0.237 e. The highest BCUT2D eigenvalue weighted by molar-refractivity contribution is 5.34. The highest BCUT2D eigenvalue weighted by Gasteiger charge is 2.06. The molecule has 0 aliphatic heterocycles. The van der Waals surface area contributed by atoms with Crippen molar-refractivity contribution in [1.82, 2.24) is 0 Å². The number of nitrogens with one attached hydrogen (secondary N) is 1. The van der Waals surface area contributed by atoms with Gasteiger partial charge in [0.05, 0.1) is 0 Å². The average Bonchev–Trinajstić information content (AvgIpc) is 2.19. The lowest BCUT2D eigenvalue weighted by molar-refractivity contribution is 1.03. The predicted octanol–water partition coefficient (Wildman–Crippen LogP) is -2.51. The molecule has 8 heteroatoms. The van der Waals surface area contributed by atoms with Gasteiger partial charge in [0, 0.05) is 6.07 Å². The Kier molecular flexibility index (Phi) is 2.47. The lowest BCUT2D eigenvalue weighted by atomic mass is 10.3. The van der Waals surface area contributed by atoms with Crippen LogP contribution in [0.3, 0.4) is 0 Å². The van der Waals surface area contributed by atoms with E-state index < -0.39 is 16.2 Å². The minimum Gasteiger partial charge on any atom is -0.323 e. The van der Waals surface area contributed by atoms with E-state index in [1.54, 1.807) is 0 Å². The maximum absolute atomic E-state index is 11.3. The van der Waals surface area contributed by atoms with Gasteiger partial charge in [0.15, 0.2) is 5.36 Å². The second-order valence-electron chi connectivity index (χ2n) is 2.29. The van der Waals surface area contributed by atoms with Gasteiger partial charge in [-0.1, -0.05) is 0 Å². The molecule has 0 atom stereocenters. The van der Waals surface area contributed by atoms with E-state index in [0.717, 1.165) is 6.07 Å². The molecule has 0 aliphatic rings. The Balaban J connectivity index is 4.06. The van der Waals surface area contributed by atoms with Gasteiger partial charge in [-0.05, 0) is 0 Å². The molecule has 1 rings (SSSR count). The zero-order valence-electron chi connectivity index (χ0n) is 6.89. The third-order valence-electron chi connectivity index (χ3n) is 1.56. The van der Waals surface area contributed by atoms with Gasteiger partial charge in [-0.25, -0.2) is 5.53 Å². The second-order valence-corrected chi connectivity index (χ2v) is 2.29. The maximum atomic E-state index is 11.3. The Morgan fingerprint density at radius 3 is 2.21 bits per heavy atom. The largest absolute Gasteiger partial charge is 0.323 e. The molecular formula is C6H6N6O2. The first-order valence-corrected chi connectivity index (χ1v) is 3.40. The quantitative estimate of drug-likeness (QED) is 0.257. The number of benzene rings is 1. The minimum absolute atomic E-state index is 0.209. The number of hydrogen-bond donors (Lipinski definition) is 3. The summed E-state index contributed by atoms with van der Waals surface area (Å²) < 4.78 is 0. The van der Waals surface area contributed by atoms with E-state index in [2.05, 4.69) is 15.3 Å². The summed E-state index contributed by atoms with van der Waals surface area (Å²) in [6, 6.07) is 1.01. The zero-order valence-corrected chi connectivity index (χ0v) is 6.89. The summed E-state index contributed by atoms with van der Waals surface area (Å²) in [4.78, 5) is 22.5. The Morgan fingerprint density at radius 2 is 1.79 bits per heavy atom. The molecule has 0 amide bonds. The molecule has 0 bridgehead atoms. The monoisotopic (exact) mass is 194 g/mol. The summed E-state index contributed by atoms with van der Waals surface area (Å²) in [5.74, 6) is 9.72. The highest BCUT2D eigenvalue weighted by atomic mass is 16.1. The van der Waals surface area contributed by atoms with Crippen molar-refractivity contribution in [3.8, 4) is 0 Å². The van der Waals surface area contributed by atoms with E-state index in [4.69, 9.17) is 17.2 Å². The van der Waals surface area contributed by atoms with Crippen LogP contribution in [0, 0.1) is 5.53 Å². The molecule has 1 aromatic carbocycles. The van der Waals surface area contributed by atoms with Crippen molar-refractivity contribution in [3.05, 3.63) is 37.2 Å². The van der Waals surface area contributed by atoms with E-state index in [0.29, 0.717) is 0 Å². The van der Waals surface area contributed by atoms with Crippen LogP contribution in [-0.4, -0.2) is 0 Å². The molecule has 0 fully saturated rings. The lowest BCUT2D eigenvalue weighted by Crippen LogP contribution is -2.48. The van der Waals surface area contributed by atoms with Crippen molar-refractivity contribution < 1.29 is 0 Å². The smallest absolute Gasteiger partial charge is 0.237 e. The van der Waals surface area contributed by atoms with Gasteiger partial charge in [0.1, 0.15) is 11.0 Å². The number of nitrogens with two attached hydrogens (primary N) is 2. The van der Waals surface area contributed by atoms with Crippen LogP contribution in [-0.2, 0) is 0 Å². The van der Waals surface area contributed by atoms with Gasteiger partial charge >= 0.3 is 0 Å². The average molecular weight is 194 g/mol. The Labute approximate surface area is 76.4 Å². The molecule has 0 spiro atoms.